The molecule has 2 rings (SSSR count). The molecule has 1 fully saturated rings. The predicted octanol–water partition coefficient (Wildman–Crippen LogP) is 3.85. The van der Waals surface area contributed by atoms with Crippen molar-refractivity contribution >= 4 is 5.69 Å². The Morgan fingerprint density at radius 3 is 2.45 bits per heavy atom. The van der Waals surface area contributed by atoms with Gasteiger partial charge in [0, 0.05) is 24.8 Å². The Labute approximate surface area is 124 Å². The topological polar surface area (TPSA) is 15.3 Å². The monoisotopic (exact) mass is 274 g/mol. The molecule has 2 heteroatoms. The SMILES string of the molecule is CCN(CC1CCC(C)(C)C1NC)c1ccc(C)cc1. The largest absolute Gasteiger partial charge is 0.371 e. The third kappa shape index (κ3) is 3.17. The fourth-order valence-corrected chi connectivity index (χ4v) is 3.80. The highest BCUT2D eigenvalue weighted by molar-refractivity contribution is 5.47. The van der Waals surface area contributed by atoms with Crippen molar-refractivity contribution in [2.24, 2.45) is 11.3 Å². The zero-order chi connectivity index (χ0) is 14.8. The standard InChI is InChI=1S/C18H30N2/c1-6-20(16-9-7-14(2)8-10-16)13-15-11-12-18(3,4)17(15)19-5/h7-10,15,17,19H,6,11-13H2,1-5H3. The van der Waals surface area contributed by atoms with Crippen LogP contribution in [0.5, 0.6) is 0 Å². The highest BCUT2D eigenvalue weighted by Gasteiger charge is 2.41. The maximum Gasteiger partial charge on any atom is 0.0366 e. The second kappa shape index (κ2) is 6.17. The molecule has 2 nitrogen and oxygen atoms in total. The number of rotatable bonds is 5. The summed E-state index contributed by atoms with van der Waals surface area (Å²) in [6.07, 6.45) is 2.66. The summed E-state index contributed by atoms with van der Waals surface area (Å²) < 4.78 is 0. The van der Waals surface area contributed by atoms with Crippen LogP contribution in [0.1, 0.15) is 39.2 Å². The van der Waals surface area contributed by atoms with Crippen molar-refractivity contribution in [3.05, 3.63) is 29.8 Å². The maximum atomic E-state index is 3.57. The van der Waals surface area contributed by atoms with Crippen LogP contribution in [0.2, 0.25) is 0 Å². The molecule has 1 aliphatic rings. The zero-order valence-corrected chi connectivity index (χ0v) is 13.7. The van der Waals surface area contributed by atoms with Crippen LogP contribution in [-0.2, 0) is 0 Å². The number of aryl methyl sites for hydroxylation is 1. The van der Waals surface area contributed by atoms with Crippen molar-refractivity contribution in [3.8, 4) is 0 Å². The Kier molecular flexibility index (Phi) is 4.74. The Bertz CT molecular complexity index is 422. The molecule has 0 aliphatic heterocycles. The van der Waals surface area contributed by atoms with Gasteiger partial charge >= 0.3 is 0 Å². The van der Waals surface area contributed by atoms with E-state index >= 15 is 0 Å². The fraction of sp³-hybridized carbons (Fsp3) is 0.667. The minimum atomic E-state index is 0.423. The lowest BCUT2D eigenvalue weighted by Crippen LogP contribution is -2.44. The van der Waals surface area contributed by atoms with Crippen LogP contribution in [0.3, 0.4) is 0 Å². The van der Waals surface area contributed by atoms with Gasteiger partial charge in [-0.3, -0.25) is 0 Å². The molecule has 1 aromatic rings. The second-order valence-electron chi connectivity index (χ2n) is 6.93. The summed E-state index contributed by atoms with van der Waals surface area (Å²) in [4.78, 5) is 2.52. The molecule has 0 heterocycles. The summed E-state index contributed by atoms with van der Waals surface area (Å²) in [5, 5.41) is 3.57. The molecule has 0 amide bonds. The average molecular weight is 274 g/mol. The molecular formula is C18H30N2. The Morgan fingerprint density at radius 2 is 1.90 bits per heavy atom. The van der Waals surface area contributed by atoms with Crippen molar-refractivity contribution in [1.29, 1.82) is 0 Å². The van der Waals surface area contributed by atoms with E-state index in [2.05, 4.69) is 69.2 Å². The number of nitrogens with zero attached hydrogens (tertiary/aromatic N) is 1. The van der Waals surface area contributed by atoms with E-state index in [1.807, 2.05) is 0 Å². The lowest BCUT2D eigenvalue weighted by atomic mass is 9.85. The molecule has 112 valence electrons. The smallest absolute Gasteiger partial charge is 0.0366 e. The number of hydrogen-bond acceptors (Lipinski definition) is 2. The van der Waals surface area contributed by atoms with E-state index in [9.17, 15) is 0 Å². The van der Waals surface area contributed by atoms with Gasteiger partial charge in [0.05, 0.1) is 0 Å². The highest BCUT2D eigenvalue weighted by atomic mass is 15.1. The van der Waals surface area contributed by atoms with Crippen LogP contribution in [0.15, 0.2) is 24.3 Å². The summed E-state index contributed by atoms with van der Waals surface area (Å²) in [5.74, 6) is 0.747. The van der Waals surface area contributed by atoms with Crippen LogP contribution >= 0.6 is 0 Å². The molecular weight excluding hydrogens is 244 g/mol. The van der Waals surface area contributed by atoms with Crippen LogP contribution in [0.4, 0.5) is 5.69 Å². The van der Waals surface area contributed by atoms with E-state index in [0.29, 0.717) is 11.5 Å². The lowest BCUT2D eigenvalue weighted by Gasteiger charge is -2.34. The summed E-state index contributed by atoms with van der Waals surface area (Å²) in [6.45, 7) is 11.4. The zero-order valence-electron chi connectivity index (χ0n) is 13.7. The van der Waals surface area contributed by atoms with Crippen molar-refractivity contribution in [2.75, 3.05) is 25.0 Å². The number of anilines is 1. The minimum absolute atomic E-state index is 0.423. The predicted molar refractivity (Wildman–Crippen MR) is 88.4 cm³/mol. The molecule has 2 atom stereocenters. The van der Waals surface area contributed by atoms with Crippen LogP contribution in [-0.4, -0.2) is 26.2 Å². The molecule has 0 saturated heterocycles. The average Bonchev–Trinajstić information content (AvgIpc) is 2.71. The van der Waals surface area contributed by atoms with Crippen molar-refractivity contribution in [2.45, 2.75) is 46.6 Å². The van der Waals surface area contributed by atoms with Gasteiger partial charge in [-0.2, -0.15) is 0 Å². The number of hydrogen-bond donors (Lipinski definition) is 1. The summed E-state index contributed by atoms with van der Waals surface area (Å²) >= 11 is 0. The number of nitrogens with one attached hydrogen (secondary N) is 1. The van der Waals surface area contributed by atoms with Crippen molar-refractivity contribution in [1.82, 2.24) is 5.32 Å². The third-order valence-corrected chi connectivity index (χ3v) is 5.02. The highest BCUT2D eigenvalue weighted by Crippen LogP contribution is 2.41. The van der Waals surface area contributed by atoms with Crippen LogP contribution in [0.25, 0.3) is 0 Å². The van der Waals surface area contributed by atoms with Gasteiger partial charge < -0.3 is 10.2 Å². The summed E-state index contributed by atoms with van der Waals surface area (Å²) in [5.41, 5.74) is 3.11. The van der Waals surface area contributed by atoms with Gasteiger partial charge in [-0.1, -0.05) is 31.5 Å². The van der Waals surface area contributed by atoms with Crippen LogP contribution in [0, 0.1) is 18.3 Å². The molecule has 0 spiro atoms. The first-order valence-electron chi connectivity index (χ1n) is 7.97. The molecule has 2 unspecified atom stereocenters. The molecule has 1 aliphatic carbocycles. The first-order valence-corrected chi connectivity index (χ1v) is 7.97. The Hall–Kier alpha value is -1.02. The molecule has 0 bridgehead atoms. The number of benzene rings is 1. The Morgan fingerprint density at radius 1 is 1.25 bits per heavy atom. The summed E-state index contributed by atoms with van der Waals surface area (Å²) in [7, 11) is 2.12. The molecule has 1 aromatic carbocycles. The van der Waals surface area contributed by atoms with E-state index < -0.39 is 0 Å². The third-order valence-electron chi connectivity index (χ3n) is 5.02. The van der Waals surface area contributed by atoms with E-state index in [1.165, 1.54) is 24.1 Å². The first kappa shape index (κ1) is 15.4. The van der Waals surface area contributed by atoms with Gasteiger partial charge in [0.15, 0.2) is 0 Å². The van der Waals surface area contributed by atoms with Gasteiger partial charge in [0.25, 0.3) is 0 Å². The second-order valence-corrected chi connectivity index (χ2v) is 6.93. The van der Waals surface area contributed by atoms with Gasteiger partial charge in [-0.05, 0) is 57.2 Å². The van der Waals surface area contributed by atoms with E-state index in [0.717, 1.165) is 19.0 Å². The quantitative estimate of drug-likeness (QED) is 0.877. The maximum absolute atomic E-state index is 3.57. The van der Waals surface area contributed by atoms with Gasteiger partial charge in [0.2, 0.25) is 0 Å². The van der Waals surface area contributed by atoms with E-state index in [-0.39, 0.29) is 0 Å². The van der Waals surface area contributed by atoms with E-state index in [4.69, 9.17) is 0 Å². The molecule has 0 aromatic heterocycles. The molecule has 1 N–H and O–H groups in total. The summed E-state index contributed by atoms with van der Waals surface area (Å²) in [6, 6.07) is 9.57. The van der Waals surface area contributed by atoms with Crippen molar-refractivity contribution < 1.29 is 0 Å². The van der Waals surface area contributed by atoms with Crippen molar-refractivity contribution in [3.63, 3.8) is 0 Å². The normalized spacial score (nSPS) is 24.9. The minimum Gasteiger partial charge on any atom is -0.371 e. The van der Waals surface area contributed by atoms with Gasteiger partial charge in [0.1, 0.15) is 0 Å². The molecule has 20 heavy (non-hydrogen) atoms. The molecule has 1 saturated carbocycles. The van der Waals surface area contributed by atoms with Gasteiger partial charge in [-0.15, -0.1) is 0 Å². The fourth-order valence-electron chi connectivity index (χ4n) is 3.80. The Balaban J connectivity index is 2.09. The van der Waals surface area contributed by atoms with E-state index in [1.54, 1.807) is 0 Å². The molecule has 0 radical (unpaired) electrons. The lowest BCUT2D eigenvalue weighted by molar-refractivity contribution is 0.262. The van der Waals surface area contributed by atoms with Gasteiger partial charge in [-0.25, -0.2) is 0 Å². The van der Waals surface area contributed by atoms with Crippen LogP contribution < -0.4 is 10.2 Å². The first-order chi connectivity index (χ1) is 9.47.